The van der Waals surface area contributed by atoms with Crippen LogP contribution in [0.15, 0.2) is 35.0 Å². The van der Waals surface area contributed by atoms with E-state index in [1.807, 2.05) is 6.92 Å². The number of ether oxygens (including phenoxy) is 1. The zero-order valence-electron chi connectivity index (χ0n) is 11.9. The van der Waals surface area contributed by atoms with Crippen molar-refractivity contribution < 1.29 is 19.0 Å². The van der Waals surface area contributed by atoms with Crippen LogP contribution in [0.2, 0.25) is 0 Å². The minimum atomic E-state index is -0.822. The number of phenols is 1. The summed E-state index contributed by atoms with van der Waals surface area (Å²) in [6.45, 7) is 1.82. The highest BCUT2D eigenvalue weighted by Gasteiger charge is 2.25. The van der Waals surface area contributed by atoms with Gasteiger partial charge in [0.05, 0.1) is 7.11 Å². The number of aromatic hydroxyl groups is 1. The van der Waals surface area contributed by atoms with Crippen molar-refractivity contribution in [3.05, 3.63) is 41.4 Å². The third-order valence-electron chi connectivity index (χ3n) is 2.99. The highest BCUT2D eigenvalue weighted by atomic mass is 19.1. The maximum atomic E-state index is 13.6. The summed E-state index contributed by atoms with van der Waals surface area (Å²) in [7, 11) is 2.93. The summed E-state index contributed by atoms with van der Waals surface area (Å²) >= 11 is 0. The third-order valence-corrected chi connectivity index (χ3v) is 2.99. The molecule has 0 saturated heterocycles. The van der Waals surface area contributed by atoms with E-state index in [0.717, 1.165) is 6.07 Å². The van der Waals surface area contributed by atoms with Gasteiger partial charge in [0.1, 0.15) is 11.5 Å². The molecule has 0 saturated carbocycles. The number of amides is 1. The molecular formula is C15H15FN2O3. The van der Waals surface area contributed by atoms with Gasteiger partial charge in [0.15, 0.2) is 17.3 Å². The van der Waals surface area contributed by atoms with Gasteiger partial charge in [-0.3, -0.25) is 9.69 Å². The number of amidine groups is 1. The molecule has 1 aliphatic rings. The molecule has 0 radical (unpaired) electrons. The number of aliphatic imine (C=N–C) groups is 1. The molecule has 1 aliphatic heterocycles. The quantitative estimate of drug-likeness (QED) is 0.869. The number of phenolic OH excluding ortho intramolecular Hbond substituents is 1. The van der Waals surface area contributed by atoms with Gasteiger partial charge in [0.25, 0.3) is 5.91 Å². The minimum absolute atomic E-state index is 0.00157. The highest BCUT2D eigenvalue weighted by molar-refractivity contribution is 6.17. The van der Waals surface area contributed by atoms with E-state index in [1.54, 1.807) is 19.2 Å². The molecule has 1 aromatic rings. The Labute approximate surface area is 121 Å². The van der Waals surface area contributed by atoms with Gasteiger partial charge in [-0.15, -0.1) is 0 Å². The van der Waals surface area contributed by atoms with Crippen molar-refractivity contribution in [2.45, 2.75) is 6.92 Å². The predicted molar refractivity (Wildman–Crippen MR) is 77.6 cm³/mol. The van der Waals surface area contributed by atoms with Crippen LogP contribution in [0.5, 0.6) is 11.5 Å². The van der Waals surface area contributed by atoms with E-state index in [9.17, 15) is 14.3 Å². The molecule has 2 rings (SSSR count). The van der Waals surface area contributed by atoms with E-state index < -0.39 is 11.6 Å². The molecule has 1 N–H and O–H groups in total. The fraction of sp³-hybridized carbons (Fsp3) is 0.200. The molecule has 0 atom stereocenters. The first kappa shape index (κ1) is 14.8. The van der Waals surface area contributed by atoms with E-state index >= 15 is 0 Å². The summed E-state index contributed by atoms with van der Waals surface area (Å²) in [4.78, 5) is 17.6. The largest absolute Gasteiger partial charge is 0.502 e. The van der Waals surface area contributed by atoms with Gasteiger partial charge in [-0.2, -0.15) is 0 Å². The number of hydrogen-bond acceptors (Lipinski definition) is 4. The average molecular weight is 290 g/mol. The number of methoxy groups -OCH3 is 1. The smallest absolute Gasteiger partial charge is 0.277 e. The standard InChI is InChI=1S/C15H15FN2O3/c1-4-5-13-17-11(15(20)18(13)2)7-9-6-10(16)14(19)12(8-9)21-3/h4-8,19H,1-3H3/b5-4+,11-7-. The summed E-state index contributed by atoms with van der Waals surface area (Å²) in [6.07, 6.45) is 4.92. The van der Waals surface area contributed by atoms with Crippen molar-refractivity contribution in [1.82, 2.24) is 4.90 Å². The second-order valence-corrected chi connectivity index (χ2v) is 4.42. The monoisotopic (exact) mass is 290 g/mol. The zero-order valence-corrected chi connectivity index (χ0v) is 11.9. The third kappa shape index (κ3) is 2.79. The van der Waals surface area contributed by atoms with Crippen molar-refractivity contribution >= 4 is 17.8 Å². The van der Waals surface area contributed by atoms with Crippen LogP contribution < -0.4 is 4.74 Å². The molecule has 0 bridgehead atoms. The lowest BCUT2D eigenvalue weighted by Crippen LogP contribution is -2.26. The number of benzene rings is 1. The second kappa shape index (κ2) is 5.78. The Hall–Kier alpha value is -2.63. The Kier molecular flexibility index (Phi) is 4.07. The lowest BCUT2D eigenvalue weighted by Gasteiger charge is -2.07. The van der Waals surface area contributed by atoms with Gasteiger partial charge < -0.3 is 9.84 Å². The highest BCUT2D eigenvalue weighted by Crippen LogP contribution is 2.31. The van der Waals surface area contributed by atoms with Crippen LogP contribution in [0.1, 0.15) is 12.5 Å². The van der Waals surface area contributed by atoms with Crippen LogP contribution in [0.25, 0.3) is 6.08 Å². The first-order chi connectivity index (χ1) is 9.97. The number of carbonyl (C=O) groups is 1. The predicted octanol–water partition coefficient (Wildman–Crippen LogP) is 2.33. The van der Waals surface area contributed by atoms with Crippen LogP contribution in [-0.2, 0) is 4.79 Å². The summed E-state index contributed by atoms with van der Waals surface area (Å²) in [5.41, 5.74) is 0.571. The van der Waals surface area contributed by atoms with Crippen molar-refractivity contribution in [3.63, 3.8) is 0 Å². The Balaban J connectivity index is 2.45. The van der Waals surface area contributed by atoms with Gasteiger partial charge in [-0.25, -0.2) is 9.38 Å². The molecule has 1 aromatic carbocycles. The molecule has 0 aromatic heterocycles. The summed E-state index contributed by atoms with van der Waals surface area (Å²) in [5, 5.41) is 9.46. The molecule has 0 fully saturated rings. The number of allylic oxidation sites excluding steroid dienone is 1. The summed E-state index contributed by atoms with van der Waals surface area (Å²) in [6, 6.07) is 2.54. The van der Waals surface area contributed by atoms with E-state index in [1.165, 1.54) is 24.2 Å². The number of hydrogen-bond donors (Lipinski definition) is 1. The number of rotatable bonds is 3. The molecule has 0 aliphatic carbocycles. The molecule has 110 valence electrons. The SMILES string of the molecule is C/C=C/C1=NC(=C\c2cc(F)c(O)c(OC)c2)/C(=O)N1C. The molecule has 0 unspecified atom stereocenters. The van der Waals surface area contributed by atoms with Crippen LogP contribution in [0, 0.1) is 5.82 Å². The van der Waals surface area contributed by atoms with Crippen LogP contribution in [-0.4, -0.2) is 35.9 Å². The van der Waals surface area contributed by atoms with E-state index in [4.69, 9.17) is 4.74 Å². The van der Waals surface area contributed by atoms with Crippen molar-refractivity contribution in [3.8, 4) is 11.5 Å². The van der Waals surface area contributed by atoms with Crippen LogP contribution in [0.4, 0.5) is 4.39 Å². The lowest BCUT2D eigenvalue weighted by atomic mass is 10.1. The molecular weight excluding hydrogens is 275 g/mol. The number of likely N-dealkylation sites (N-methyl/N-ethyl adjacent to an activating group) is 1. The first-order valence-electron chi connectivity index (χ1n) is 6.25. The average Bonchev–Trinajstić information content (AvgIpc) is 2.71. The van der Waals surface area contributed by atoms with E-state index in [-0.39, 0.29) is 17.4 Å². The second-order valence-electron chi connectivity index (χ2n) is 4.42. The summed E-state index contributed by atoms with van der Waals surface area (Å²) < 4.78 is 18.4. The lowest BCUT2D eigenvalue weighted by molar-refractivity contribution is -0.121. The van der Waals surface area contributed by atoms with Gasteiger partial charge in [0.2, 0.25) is 0 Å². The van der Waals surface area contributed by atoms with Gasteiger partial charge in [0, 0.05) is 7.05 Å². The molecule has 1 heterocycles. The zero-order chi connectivity index (χ0) is 15.6. The molecule has 6 heteroatoms. The fourth-order valence-electron chi connectivity index (χ4n) is 1.90. The Morgan fingerprint density at radius 1 is 1.43 bits per heavy atom. The normalized spacial score (nSPS) is 17.0. The molecule has 21 heavy (non-hydrogen) atoms. The fourth-order valence-corrected chi connectivity index (χ4v) is 1.90. The Bertz CT molecular complexity index is 678. The summed E-state index contributed by atoms with van der Waals surface area (Å²) in [5.74, 6) is -1.15. The van der Waals surface area contributed by atoms with Crippen molar-refractivity contribution in [2.24, 2.45) is 4.99 Å². The molecule has 5 nitrogen and oxygen atoms in total. The number of nitrogens with zero attached hydrogens (tertiary/aromatic N) is 2. The van der Waals surface area contributed by atoms with Gasteiger partial charge in [-0.1, -0.05) is 6.08 Å². The molecule has 1 amide bonds. The Morgan fingerprint density at radius 3 is 2.76 bits per heavy atom. The van der Waals surface area contributed by atoms with E-state index in [2.05, 4.69) is 4.99 Å². The van der Waals surface area contributed by atoms with Crippen molar-refractivity contribution in [1.29, 1.82) is 0 Å². The topological polar surface area (TPSA) is 62.1 Å². The van der Waals surface area contributed by atoms with Crippen LogP contribution in [0.3, 0.4) is 0 Å². The number of carbonyl (C=O) groups excluding carboxylic acids is 1. The number of halogens is 1. The van der Waals surface area contributed by atoms with Crippen molar-refractivity contribution in [2.75, 3.05) is 14.2 Å². The first-order valence-corrected chi connectivity index (χ1v) is 6.25. The maximum Gasteiger partial charge on any atom is 0.277 e. The van der Waals surface area contributed by atoms with E-state index in [0.29, 0.717) is 11.4 Å². The maximum absolute atomic E-state index is 13.6. The minimum Gasteiger partial charge on any atom is -0.502 e. The van der Waals surface area contributed by atoms with Gasteiger partial charge >= 0.3 is 0 Å². The van der Waals surface area contributed by atoms with Crippen LogP contribution >= 0.6 is 0 Å². The Morgan fingerprint density at radius 2 is 2.14 bits per heavy atom. The molecule has 0 spiro atoms. The van der Waals surface area contributed by atoms with Gasteiger partial charge in [-0.05, 0) is 36.8 Å².